The van der Waals surface area contributed by atoms with E-state index in [-0.39, 0.29) is 17.6 Å². The molecule has 0 aliphatic rings. The fourth-order valence-corrected chi connectivity index (χ4v) is 3.27. The number of unbranched alkanes of at least 4 members (excludes halogenated alkanes) is 2. The van der Waals surface area contributed by atoms with Gasteiger partial charge in [-0.3, -0.25) is 9.59 Å². The van der Waals surface area contributed by atoms with Crippen LogP contribution < -0.4 is 15.5 Å². The first-order valence-corrected chi connectivity index (χ1v) is 10.5. The van der Waals surface area contributed by atoms with Crippen molar-refractivity contribution >= 4 is 45.6 Å². The first kappa shape index (κ1) is 23.7. The second-order valence-corrected chi connectivity index (χ2v) is 7.65. The lowest BCUT2D eigenvalue weighted by molar-refractivity contribution is -0.121. The van der Waals surface area contributed by atoms with E-state index in [1.165, 1.54) is 13.3 Å². The molecule has 0 heterocycles. The van der Waals surface area contributed by atoms with E-state index in [1.807, 2.05) is 0 Å². The lowest BCUT2D eigenvalue weighted by Crippen LogP contribution is -2.24. The van der Waals surface area contributed by atoms with Gasteiger partial charge in [-0.25, -0.2) is 5.43 Å². The molecule has 0 aliphatic carbocycles. The zero-order valence-electron chi connectivity index (χ0n) is 16.5. The van der Waals surface area contributed by atoms with Gasteiger partial charge < -0.3 is 15.2 Å². The van der Waals surface area contributed by atoms with E-state index in [0.717, 1.165) is 12.8 Å². The van der Waals surface area contributed by atoms with Crippen LogP contribution in [0.1, 0.15) is 41.6 Å². The van der Waals surface area contributed by atoms with Crippen LogP contribution in [0.15, 0.2) is 46.0 Å². The minimum Gasteiger partial charge on any atom is -0.503 e. The van der Waals surface area contributed by atoms with E-state index >= 15 is 0 Å². The molecule has 160 valence electrons. The molecule has 2 aromatic carbocycles. The Bertz CT molecular complexity index is 921. The van der Waals surface area contributed by atoms with E-state index < -0.39 is 0 Å². The predicted octanol–water partition coefficient (Wildman–Crippen LogP) is 4.26. The highest BCUT2D eigenvalue weighted by atomic mass is 79.9. The number of benzene rings is 2. The number of hydrazone groups is 1. The Hall–Kier alpha value is -2.58. The number of ether oxygens (including phenoxy) is 1. The molecule has 0 unspecified atom stereocenters. The summed E-state index contributed by atoms with van der Waals surface area (Å²) in [6.45, 7) is 0.515. The highest BCUT2D eigenvalue weighted by molar-refractivity contribution is 9.10. The number of hydrogen-bond acceptors (Lipinski definition) is 5. The second-order valence-electron chi connectivity index (χ2n) is 6.39. The molecule has 0 fully saturated rings. The number of amides is 2. The summed E-state index contributed by atoms with van der Waals surface area (Å²) in [7, 11) is 1.45. The summed E-state index contributed by atoms with van der Waals surface area (Å²) in [4.78, 5) is 23.9. The second kappa shape index (κ2) is 12.2. The van der Waals surface area contributed by atoms with E-state index in [9.17, 15) is 14.7 Å². The van der Waals surface area contributed by atoms with E-state index in [4.69, 9.17) is 16.3 Å². The van der Waals surface area contributed by atoms with Crippen molar-refractivity contribution in [3.05, 3.63) is 57.0 Å². The molecular formula is C21H23BrClN3O4. The van der Waals surface area contributed by atoms with Crippen LogP contribution in [0, 0.1) is 0 Å². The summed E-state index contributed by atoms with van der Waals surface area (Å²) in [5, 5.41) is 16.9. The Morgan fingerprint density at radius 3 is 2.73 bits per heavy atom. The van der Waals surface area contributed by atoms with Gasteiger partial charge in [0.05, 0.1) is 28.4 Å². The molecule has 2 rings (SSSR count). The molecule has 0 aromatic heterocycles. The van der Waals surface area contributed by atoms with Gasteiger partial charge in [-0.15, -0.1) is 0 Å². The quantitative estimate of drug-likeness (QED) is 0.260. The Kier molecular flexibility index (Phi) is 9.63. The number of rotatable bonds is 10. The van der Waals surface area contributed by atoms with Crippen molar-refractivity contribution in [2.24, 2.45) is 5.10 Å². The van der Waals surface area contributed by atoms with Crippen LogP contribution in [0.2, 0.25) is 5.02 Å². The zero-order valence-corrected chi connectivity index (χ0v) is 18.8. The maximum atomic E-state index is 12.0. The fourth-order valence-electron chi connectivity index (χ4n) is 2.59. The molecule has 0 atom stereocenters. The summed E-state index contributed by atoms with van der Waals surface area (Å²) >= 11 is 9.22. The van der Waals surface area contributed by atoms with E-state index in [1.54, 1.807) is 36.4 Å². The van der Waals surface area contributed by atoms with Crippen molar-refractivity contribution in [3.8, 4) is 11.5 Å². The van der Waals surface area contributed by atoms with Gasteiger partial charge in [0.15, 0.2) is 11.5 Å². The Morgan fingerprint density at radius 1 is 1.23 bits per heavy atom. The number of carbonyl (C=O) groups excluding carboxylic acids is 2. The van der Waals surface area contributed by atoms with E-state index in [2.05, 4.69) is 31.8 Å². The largest absolute Gasteiger partial charge is 0.503 e. The topological polar surface area (TPSA) is 100 Å². The van der Waals surface area contributed by atoms with Gasteiger partial charge in [-0.2, -0.15) is 5.10 Å². The molecule has 0 bridgehead atoms. The Labute approximate surface area is 188 Å². The number of hydrogen-bond donors (Lipinski definition) is 3. The van der Waals surface area contributed by atoms with Gasteiger partial charge >= 0.3 is 0 Å². The summed E-state index contributed by atoms with van der Waals surface area (Å²) in [5.74, 6) is -0.0955. The average molecular weight is 497 g/mol. The number of halogens is 2. The van der Waals surface area contributed by atoms with Crippen LogP contribution in [0.5, 0.6) is 11.5 Å². The van der Waals surface area contributed by atoms with Crippen LogP contribution in [0.3, 0.4) is 0 Å². The van der Waals surface area contributed by atoms with Crippen molar-refractivity contribution in [2.45, 2.75) is 25.7 Å². The van der Waals surface area contributed by atoms with Crippen LogP contribution >= 0.6 is 27.5 Å². The summed E-state index contributed by atoms with van der Waals surface area (Å²) in [6.07, 6.45) is 4.03. The molecular weight excluding hydrogens is 474 g/mol. The molecule has 0 spiro atoms. The summed E-state index contributed by atoms with van der Waals surface area (Å²) < 4.78 is 5.53. The number of aromatic hydroxyl groups is 1. The van der Waals surface area contributed by atoms with Crippen molar-refractivity contribution in [3.63, 3.8) is 0 Å². The molecule has 3 N–H and O–H groups in total. The molecule has 9 heteroatoms. The number of nitrogens with zero attached hydrogens (tertiary/aromatic N) is 1. The minimum absolute atomic E-state index is 0.00161. The normalized spacial score (nSPS) is 10.8. The maximum Gasteiger partial charge on any atom is 0.252 e. The van der Waals surface area contributed by atoms with Crippen molar-refractivity contribution in [1.82, 2.24) is 10.7 Å². The van der Waals surface area contributed by atoms with Crippen molar-refractivity contribution < 1.29 is 19.4 Å². The summed E-state index contributed by atoms with van der Waals surface area (Å²) in [5.41, 5.74) is 3.58. The standard InChI is InChI=1S/C21H23BrClN3O4/c1-30-18-12-14(11-16(22)20(18)28)13-25-26-19(27)9-3-2-6-10-24-21(29)15-7-4-5-8-17(15)23/h4-5,7-8,11-13,28H,2-3,6,9-10H2,1H3,(H,24,29)(H,26,27). The molecule has 0 saturated heterocycles. The number of phenols is 1. The van der Waals surface area contributed by atoms with Gasteiger partial charge in [0, 0.05) is 13.0 Å². The molecule has 0 saturated carbocycles. The van der Waals surface area contributed by atoms with Gasteiger partial charge in [0.25, 0.3) is 5.91 Å². The average Bonchev–Trinajstić information content (AvgIpc) is 2.73. The van der Waals surface area contributed by atoms with Gasteiger partial charge in [0.1, 0.15) is 0 Å². The van der Waals surface area contributed by atoms with Gasteiger partial charge in [0.2, 0.25) is 5.91 Å². The van der Waals surface area contributed by atoms with Crippen LogP contribution in [0.25, 0.3) is 0 Å². The van der Waals surface area contributed by atoms with E-state index in [0.29, 0.717) is 45.8 Å². The number of phenolic OH excluding ortho intramolecular Hbond substituents is 1. The molecule has 30 heavy (non-hydrogen) atoms. The highest BCUT2D eigenvalue weighted by Gasteiger charge is 2.09. The predicted molar refractivity (Wildman–Crippen MR) is 120 cm³/mol. The van der Waals surface area contributed by atoms with Gasteiger partial charge in [-0.1, -0.05) is 30.2 Å². The number of methoxy groups -OCH3 is 1. The Balaban J connectivity index is 1.64. The smallest absolute Gasteiger partial charge is 0.252 e. The first-order valence-electron chi connectivity index (χ1n) is 9.33. The van der Waals surface area contributed by atoms with Crippen LogP contribution in [-0.2, 0) is 4.79 Å². The molecule has 0 radical (unpaired) electrons. The Morgan fingerprint density at radius 2 is 2.00 bits per heavy atom. The summed E-state index contributed by atoms with van der Waals surface area (Å²) in [6, 6.07) is 10.1. The maximum absolute atomic E-state index is 12.0. The molecule has 2 aromatic rings. The third-order valence-electron chi connectivity index (χ3n) is 4.16. The van der Waals surface area contributed by atoms with Crippen LogP contribution in [-0.4, -0.2) is 36.8 Å². The fraction of sp³-hybridized carbons (Fsp3) is 0.286. The van der Waals surface area contributed by atoms with Crippen molar-refractivity contribution in [2.75, 3.05) is 13.7 Å². The first-order chi connectivity index (χ1) is 14.4. The lowest BCUT2D eigenvalue weighted by atomic mass is 10.1. The third kappa shape index (κ3) is 7.35. The molecule has 7 nitrogen and oxygen atoms in total. The minimum atomic E-state index is -0.204. The number of nitrogens with one attached hydrogen (secondary N) is 2. The lowest BCUT2D eigenvalue weighted by Gasteiger charge is -2.07. The van der Waals surface area contributed by atoms with Crippen molar-refractivity contribution in [1.29, 1.82) is 0 Å². The molecule has 0 aliphatic heterocycles. The third-order valence-corrected chi connectivity index (χ3v) is 5.09. The van der Waals surface area contributed by atoms with Gasteiger partial charge in [-0.05, 0) is 58.6 Å². The highest BCUT2D eigenvalue weighted by Crippen LogP contribution is 2.34. The zero-order chi connectivity index (χ0) is 21.9. The monoisotopic (exact) mass is 495 g/mol. The molecule has 2 amide bonds. The number of carbonyl (C=O) groups is 2. The van der Waals surface area contributed by atoms with Crippen LogP contribution in [0.4, 0.5) is 0 Å². The SMILES string of the molecule is COc1cc(C=NNC(=O)CCCCCNC(=O)c2ccccc2Cl)cc(Br)c1O.